The predicted molar refractivity (Wildman–Crippen MR) is 155 cm³/mol. The number of anilines is 1. The van der Waals surface area contributed by atoms with Gasteiger partial charge in [0.25, 0.3) is 10.0 Å². The molecule has 0 saturated heterocycles. The molecule has 0 radical (unpaired) electrons. The highest BCUT2D eigenvalue weighted by Gasteiger charge is 2.42. The molecule has 0 spiro atoms. The van der Waals surface area contributed by atoms with E-state index in [4.69, 9.17) is 5.11 Å². The van der Waals surface area contributed by atoms with Gasteiger partial charge in [-0.3, -0.25) is 13.9 Å². The minimum Gasteiger partial charge on any atom is -0.481 e. The molecule has 43 heavy (non-hydrogen) atoms. The van der Waals surface area contributed by atoms with E-state index in [1.54, 1.807) is 48.5 Å². The van der Waals surface area contributed by atoms with Crippen molar-refractivity contribution in [1.82, 2.24) is 5.32 Å². The fraction of sp³-hybridized carbons (Fsp3) is 0.188. The fourth-order valence-corrected chi connectivity index (χ4v) is 6.76. The van der Waals surface area contributed by atoms with Crippen molar-refractivity contribution in [1.29, 1.82) is 0 Å². The van der Waals surface area contributed by atoms with E-state index in [-0.39, 0.29) is 29.8 Å². The van der Waals surface area contributed by atoms with Crippen LogP contribution >= 0.6 is 0 Å². The second-order valence-corrected chi connectivity index (χ2v) is 12.0. The van der Waals surface area contributed by atoms with Gasteiger partial charge in [0.15, 0.2) is 0 Å². The Bertz CT molecular complexity index is 1770. The Hall–Kier alpha value is -4.64. The van der Waals surface area contributed by atoms with Crippen LogP contribution in [-0.2, 0) is 45.2 Å². The molecule has 4 aromatic carbocycles. The Balaban J connectivity index is 1.38. The first-order valence-corrected chi connectivity index (χ1v) is 14.8. The van der Waals surface area contributed by atoms with Gasteiger partial charge in [0, 0.05) is 19.4 Å². The number of hydrogen-bond acceptors (Lipinski definition) is 4. The van der Waals surface area contributed by atoms with Crippen LogP contribution in [0, 0.1) is 0 Å². The minimum absolute atomic E-state index is 0.0239. The number of fused-ring (bicyclic) bond motifs is 1. The number of nitrogens with one attached hydrogen (secondary N) is 1. The third-order valence-electron chi connectivity index (χ3n) is 7.25. The second kappa shape index (κ2) is 11.9. The highest BCUT2D eigenvalue weighted by molar-refractivity contribution is 7.93. The molecule has 4 aromatic rings. The molecule has 0 fully saturated rings. The Morgan fingerprint density at radius 2 is 1.56 bits per heavy atom. The summed E-state index contributed by atoms with van der Waals surface area (Å²) in [5.41, 5.74) is 2.49. The summed E-state index contributed by atoms with van der Waals surface area (Å²) in [4.78, 5) is 24.2. The summed E-state index contributed by atoms with van der Waals surface area (Å²) in [6, 6.07) is 23.2. The van der Waals surface area contributed by atoms with Gasteiger partial charge >= 0.3 is 12.1 Å². The molecule has 0 aliphatic carbocycles. The number of carbonyl (C=O) groups excluding carboxylic acids is 1. The number of amides is 1. The number of halogens is 3. The summed E-state index contributed by atoms with van der Waals surface area (Å²) < 4.78 is 68.5. The van der Waals surface area contributed by atoms with Gasteiger partial charge in [-0.15, -0.1) is 0 Å². The van der Waals surface area contributed by atoms with Gasteiger partial charge in [-0.25, -0.2) is 8.42 Å². The lowest BCUT2D eigenvalue weighted by molar-refractivity contribution is -0.138. The molecular weight excluding hydrogens is 581 g/mol. The van der Waals surface area contributed by atoms with E-state index in [2.05, 4.69) is 5.32 Å². The lowest BCUT2D eigenvalue weighted by Gasteiger charge is -2.26. The molecule has 0 unspecified atom stereocenters. The number of alkyl halides is 3. The third kappa shape index (κ3) is 6.56. The van der Waals surface area contributed by atoms with E-state index in [1.165, 1.54) is 36.4 Å². The van der Waals surface area contributed by atoms with E-state index < -0.39 is 39.7 Å². The molecular formula is C32H27F3N2O5S. The highest BCUT2D eigenvalue weighted by Crippen LogP contribution is 2.38. The van der Waals surface area contributed by atoms with Crippen LogP contribution in [0.2, 0.25) is 0 Å². The van der Waals surface area contributed by atoms with Crippen molar-refractivity contribution in [3.63, 3.8) is 0 Å². The van der Waals surface area contributed by atoms with E-state index in [9.17, 15) is 31.2 Å². The van der Waals surface area contributed by atoms with Gasteiger partial charge in [-0.2, -0.15) is 13.2 Å². The first-order valence-electron chi connectivity index (χ1n) is 13.4. The van der Waals surface area contributed by atoms with Gasteiger partial charge in [0.1, 0.15) is 6.04 Å². The number of rotatable bonds is 9. The van der Waals surface area contributed by atoms with E-state index in [0.29, 0.717) is 23.2 Å². The number of aliphatic carboxylic acids is 1. The molecule has 1 heterocycles. The molecule has 0 bridgehead atoms. The molecule has 222 valence electrons. The number of aryl methyl sites for hydroxylation is 1. The Morgan fingerprint density at radius 3 is 2.28 bits per heavy atom. The van der Waals surface area contributed by atoms with Crippen LogP contribution in [-0.4, -0.2) is 31.4 Å². The lowest BCUT2D eigenvalue weighted by atomic mass is 10.0. The summed E-state index contributed by atoms with van der Waals surface area (Å²) >= 11 is 0. The number of sulfonamides is 1. The molecule has 11 heteroatoms. The first-order chi connectivity index (χ1) is 20.4. The average molecular weight is 609 g/mol. The number of carboxylic acid groups (broad SMARTS) is 1. The normalized spacial score (nSPS) is 14.8. The van der Waals surface area contributed by atoms with Gasteiger partial charge in [0.05, 0.1) is 16.1 Å². The number of benzene rings is 4. The van der Waals surface area contributed by atoms with Gasteiger partial charge < -0.3 is 10.4 Å². The zero-order valence-electron chi connectivity index (χ0n) is 22.7. The van der Waals surface area contributed by atoms with Crippen molar-refractivity contribution in [3.8, 4) is 11.1 Å². The molecule has 1 amide bonds. The van der Waals surface area contributed by atoms with Crippen LogP contribution in [0.5, 0.6) is 0 Å². The van der Waals surface area contributed by atoms with Crippen molar-refractivity contribution in [2.45, 2.75) is 42.9 Å². The quantitative estimate of drug-likeness (QED) is 0.249. The molecule has 0 saturated carbocycles. The van der Waals surface area contributed by atoms with Crippen LogP contribution in [0.15, 0.2) is 102 Å². The summed E-state index contributed by atoms with van der Waals surface area (Å²) in [6.07, 6.45) is -4.04. The zero-order valence-corrected chi connectivity index (χ0v) is 23.5. The highest BCUT2D eigenvalue weighted by atomic mass is 32.2. The van der Waals surface area contributed by atoms with Crippen LogP contribution in [0.3, 0.4) is 0 Å². The Kier molecular flexibility index (Phi) is 8.27. The fourth-order valence-electron chi connectivity index (χ4n) is 5.12. The van der Waals surface area contributed by atoms with E-state index >= 15 is 0 Å². The van der Waals surface area contributed by atoms with Crippen LogP contribution < -0.4 is 9.62 Å². The minimum atomic E-state index is -4.51. The van der Waals surface area contributed by atoms with Crippen molar-refractivity contribution in [2.75, 3.05) is 4.31 Å². The number of carbonyl (C=O) groups is 2. The zero-order chi connectivity index (χ0) is 30.8. The van der Waals surface area contributed by atoms with Crippen molar-refractivity contribution < 1.29 is 36.3 Å². The standard InChI is InChI=1S/C32H27F3N2O5S/c33-32(34,35)26-9-4-8-24(18-26)23-12-14-27(15-13-23)43(41,42)37-28-10-2-1-7-25(28)19-29(37)31(40)36-20-22-6-3-5-21(17-22)11-16-30(38)39/h1-10,12-15,17-18,29H,11,16,19-20H2,(H,36,40)(H,38,39)/t29-/m0/s1. The van der Waals surface area contributed by atoms with Crippen LogP contribution in [0.25, 0.3) is 11.1 Å². The van der Waals surface area contributed by atoms with Crippen molar-refractivity contribution in [2.24, 2.45) is 0 Å². The Morgan fingerprint density at radius 1 is 0.860 bits per heavy atom. The van der Waals surface area contributed by atoms with E-state index in [1.807, 2.05) is 0 Å². The van der Waals surface area contributed by atoms with Crippen molar-refractivity contribution in [3.05, 3.63) is 119 Å². The maximum absolute atomic E-state index is 13.9. The SMILES string of the molecule is O=C(O)CCc1cccc(CNC(=O)[C@@H]2Cc3ccccc3N2S(=O)(=O)c2ccc(-c3cccc(C(F)(F)F)c3)cc2)c1. The molecule has 5 rings (SSSR count). The number of carboxylic acids is 1. The van der Waals surface area contributed by atoms with Crippen molar-refractivity contribution >= 4 is 27.6 Å². The first kappa shape index (κ1) is 29.8. The largest absolute Gasteiger partial charge is 0.481 e. The van der Waals surface area contributed by atoms with E-state index in [0.717, 1.165) is 27.6 Å². The monoisotopic (exact) mass is 608 g/mol. The lowest BCUT2D eigenvalue weighted by Crippen LogP contribution is -2.47. The smallest absolute Gasteiger partial charge is 0.416 e. The predicted octanol–water partition coefficient (Wildman–Crippen LogP) is 5.83. The number of nitrogens with zero attached hydrogens (tertiary/aromatic N) is 1. The van der Waals surface area contributed by atoms with Gasteiger partial charge in [0.2, 0.25) is 5.91 Å². The summed E-state index contributed by atoms with van der Waals surface area (Å²) in [6.45, 7) is 0.117. The van der Waals surface area contributed by atoms with Gasteiger partial charge in [-0.05, 0) is 64.6 Å². The molecule has 1 atom stereocenters. The molecule has 1 aliphatic heterocycles. The number of para-hydroxylation sites is 1. The maximum atomic E-state index is 13.9. The summed E-state index contributed by atoms with van der Waals surface area (Å²) in [7, 11) is -4.24. The molecule has 0 aromatic heterocycles. The Labute approximate surface area is 246 Å². The topological polar surface area (TPSA) is 104 Å². The summed E-state index contributed by atoms with van der Waals surface area (Å²) in [5, 5.41) is 11.8. The van der Waals surface area contributed by atoms with Gasteiger partial charge in [-0.1, -0.05) is 66.7 Å². The third-order valence-corrected chi connectivity index (χ3v) is 9.09. The maximum Gasteiger partial charge on any atom is 0.416 e. The number of hydrogen-bond donors (Lipinski definition) is 2. The second-order valence-electron chi connectivity index (χ2n) is 10.2. The van der Waals surface area contributed by atoms with Crippen LogP contribution in [0.4, 0.5) is 18.9 Å². The molecule has 7 nitrogen and oxygen atoms in total. The molecule has 2 N–H and O–H groups in total. The molecule has 1 aliphatic rings. The average Bonchev–Trinajstić information content (AvgIpc) is 3.40. The summed E-state index contributed by atoms with van der Waals surface area (Å²) in [5.74, 6) is -1.41. The van der Waals surface area contributed by atoms with Crippen LogP contribution in [0.1, 0.15) is 28.7 Å².